The van der Waals surface area contributed by atoms with E-state index in [9.17, 15) is 4.80 Å². The third-order valence-corrected chi connectivity index (χ3v) is 2.23. The molecule has 0 heterocycles. The zero-order chi connectivity index (χ0) is 11.6. The van der Waals surface area contributed by atoms with Crippen molar-refractivity contribution in [2.75, 3.05) is 0 Å². The average molecular weight is 227 g/mol. The molecule has 0 bridgehead atoms. The first kappa shape index (κ1) is 12.4. The van der Waals surface area contributed by atoms with Gasteiger partial charge < -0.3 is 4.80 Å². The van der Waals surface area contributed by atoms with Gasteiger partial charge >= 0.3 is 0 Å². The average Bonchev–Trinajstić information content (AvgIpc) is 2.41. The predicted octanol–water partition coefficient (Wildman–Crippen LogP) is 3.00. The van der Waals surface area contributed by atoms with Gasteiger partial charge in [-0.1, -0.05) is 66.4 Å². The molecule has 0 amide bonds. The van der Waals surface area contributed by atoms with E-state index >= 15 is 0 Å². The van der Waals surface area contributed by atoms with Gasteiger partial charge in [0.2, 0.25) is 9.76 Å². The van der Waals surface area contributed by atoms with Crippen molar-refractivity contribution in [3.63, 3.8) is 0 Å². The molecule has 0 N–H and O–H groups in total. The van der Waals surface area contributed by atoms with Gasteiger partial charge in [0.05, 0.1) is 0 Å². The first-order valence-electron chi connectivity index (χ1n) is 5.18. The molecule has 81 valence electrons. The van der Waals surface area contributed by atoms with E-state index < -0.39 is 9.76 Å². The van der Waals surface area contributed by atoms with Gasteiger partial charge in [-0.25, -0.2) is 0 Å². The fourth-order valence-electron chi connectivity index (χ4n) is 1.26. The molecule has 2 aromatic rings. The normalized spacial score (nSPS) is 9.56. The topological polar surface area (TPSA) is 19.9 Å². The molecule has 0 aliphatic carbocycles. The molecule has 2 heteroatoms. The van der Waals surface area contributed by atoms with Crippen molar-refractivity contribution in [2.24, 2.45) is 0 Å². The Kier molecular flexibility index (Phi) is 5.92. The molecular weight excluding hydrogens is 212 g/mol. The Morgan fingerprint density at radius 3 is 1.38 bits per heavy atom. The van der Waals surface area contributed by atoms with Crippen molar-refractivity contribution >= 4 is 9.76 Å². The molecular formula is C14H15OSi. The van der Waals surface area contributed by atoms with E-state index in [-0.39, 0.29) is 0 Å². The highest BCUT2D eigenvalue weighted by molar-refractivity contribution is 6.31. The lowest BCUT2D eigenvalue weighted by atomic mass is 10.1. The summed E-state index contributed by atoms with van der Waals surface area (Å²) in [5.41, 5.74) is 4.01. The lowest BCUT2D eigenvalue weighted by molar-refractivity contribution is 0.483. The van der Waals surface area contributed by atoms with Gasteiger partial charge in [-0.15, -0.1) is 6.58 Å². The van der Waals surface area contributed by atoms with Gasteiger partial charge in [-0.3, -0.25) is 0 Å². The highest BCUT2D eigenvalue weighted by atomic mass is 28.2. The molecule has 0 aliphatic rings. The summed E-state index contributed by atoms with van der Waals surface area (Å²) in [6, 6.07) is 20.8. The molecule has 0 aromatic heterocycles. The van der Waals surface area contributed by atoms with Crippen LogP contribution in [0.4, 0.5) is 0 Å². The van der Waals surface area contributed by atoms with E-state index in [1.54, 1.807) is 0 Å². The Balaban J connectivity index is 0.000000280. The smallest absolute Gasteiger partial charge is 0.230 e. The van der Waals surface area contributed by atoms with Crippen LogP contribution >= 0.6 is 0 Å². The van der Waals surface area contributed by atoms with Gasteiger partial charge in [0.1, 0.15) is 0 Å². The van der Waals surface area contributed by atoms with Crippen molar-refractivity contribution in [3.05, 3.63) is 72.9 Å². The molecule has 1 nitrogen and oxygen atoms in total. The molecule has 16 heavy (non-hydrogen) atoms. The maximum Gasteiger partial charge on any atom is 0.230 e. The Morgan fingerprint density at radius 1 is 0.812 bits per heavy atom. The van der Waals surface area contributed by atoms with Crippen LogP contribution in [0.25, 0.3) is 11.1 Å². The van der Waals surface area contributed by atoms with Crippen LogP contribution in [-0.2, 0) is 4.80 Å². The minimum Gasteiger partial charge on any atom is -0.301 e. The second-order valence-corrected chi connectivity index (χ2v) is 4.10. The van der Waals surface area contributed by atoms with Crippen LogP contribution in [0, 0.1) is 0 Å². The summed E-state index contributed by atoms with van der Waals surface area (Å²) in [5, 5.41) is 0. The van der Waals surface area contributed by atoms with Crippen molar-refractivity contribution in [1.29, 1.82) is 0 Å². The number of hydrogen-bond acceptors (Lipinski definition) is 0. The molecule has 0 aliphatic heterocycles. The van der Waals surface area contributed by atoms with Crippen LogP contribution in [0.5, 0.6) is 0 Å². The summed E-state index contributed by atoms with van der Waals surface area (Å²) in [6.07, 6.45) is 0. The van der Waals surface area contributed by atoms with E-state index in [1.165, 1.54) is 16.8 Å². The first-order chi connectivity index (χ1) is 7.88. The summed E-state index contributed by atoms with van der Waals surface area (Å²) in [5.74, 6) is 0. The minimum absolute atomic E-state index is 1.06. The van der Waals surface area contributed by atoms with Gasteiger partial charge in [0.25, 0.3) is 0 Å². The highest BCUT2D eigenvalue weighted by Crippen LogP contribution is 2.17. The molecule has 2 aromatic carbocycles. The van der Waals surface area contributed by atoms with Crippen LogP contribution in [-0.4, -0.2) is 9.76 Å². The summed E-state index contributed by atoms with van der Waals surface area (Å²) in [6.45, 7) is 3.23. The third kappa shape index (κ3) is 4.25. The third-order valence-electron chi connectivity index (χ3n) is 2.00. The fraction of sp³-hybridized carbons (Fsp3) is 0. The molecule has 1 radical (unpaired) electrons. The van der Waals surface area contributed by atoms with E-state index in [4.69, 9.17) is 0 Å². The second kappa shape index (κ2) is 7.62. The summed E-state index contributed by atoms with van der Waals surface area (Å²) in [4.78, 5) is 9.32. The van der Waals surface area contributed by atoms with Gasteiger partial charge in [0.15, 0.2) is 0 Å². The Hall–Kier alpha value is -1.64. The number of hydrogen-bond donors (Lipinski definition) is 0. The zero-order valence-corrected chi connectivity index (χ0v) is 10.6. The molecule has 0 saturated heterocycles. The highest BCUT2D eigenvalue weighted by Gasteiger charge is 1.91. The maximum absolute atomic E-state index is 9.32. The maximum atomic E-state index is 9.32. The number of rotatable bonds is 2. The largest absolute Gasteiger partial charge is 0.301 e. The van der Waals surface area contributed by atoms with Crippen LogP contribution in [0.15, 0.2) is 72.9 Å². The minimum atomic E-state index is -1.06. The van der Waals surface area contributed by atoms with Crippen molar-refractivity contribution in [2.45, 2.75) is 0 Å². The predicted molar refractivity (Wildman–Crippen MR) is 71.3 cm³/mol. The molecule has 0 spiro atoms. The SMILES string of the molecule is C=C[SiH2][O].c1ccc(-c2ccccc2)cc1. The Morgan fingerprint density at radius 2 is 1.12 bits per heavy atom. The number of benzene rings is 2. The lowest BCUT2D eigenvalue weighted by Gasteiger charge is -1.98. The van der Waals surface area contributed by atoms with E-state index in [0.717, 1.165) is 0 Å². The van der Waals surface area contributed by atoms with E-state index in [2.05, 4.69) is 55.1 Å². The van der Waals surface area contributed by atoms with Gasteiger partial charge in [-0.05, 0) is 11.1 Å². The standard InChI is InChI=1S/C12H10.C2H5OSi/c1-3-7-11(8-4-1)12-9-5-2-6-10-12;1-2-4-3/h1-10H;2H,1,4H2. The summed E-state index contributed by atoms with van der Waals surface area (Å²) in [7, 11) is -1.06. The van der Waals surface area contributed by atoms with Crippen LogP contribution < -0.4 is 0 Å². The molecule has 0 unspecified atom stereocenters. The monoisotopic (exact) mass is 227 g/mol. The Labute approximate surface area is 99.0 Å². The first-order valence-corrected chi connectivity index (χ1v) is 6.57. The second-order valence-electron chi connectivity index (χ2n) is 3.19. The van der Waals surface area contributed by atoms with Crippen molar-refractivity contribution < 1.29 is 4.80 Å². The molecule has 0 saturated carbocycles. The van der Waals surface area contributed by atoms with Crippen LogP contribution in [0.2, 0.25) is 0 Å². The Bertz CT molecular complexity index is 360. The summed E-state index contributed by atoms with van der Waals surface area (Å²) < 4.78 is 0. The lowest BCUT2D eigenvalue weighted by Crippen LogP contribution is -1.73. The molecule has 2 rings (SSSR count). The quantitative estimate of drug-likeness (QED) is 0.703. The van der Waals surface area contributed by atoms with Crippen LogP contribution in [0.3, 0.4) is 0 Å². The van der Waals surface area contributed by atoms with E-state index in [1.807, 2.05) is 12.1 Å². The fourth-order valence-corrected chi connectivity index (χ4v) is 1.26. The van der Waals surface area contributed by atoms with Gasteiger partial charge in [0, 0.05) is 0 Å². The molecule has 0 fully saturated rings. The van der Waals surface area contributed by atoms with Crippen LogP contribution in [0.1, 0.15) is 0 Å². The molecule has 0 atom stereocenters. The van der Waals surface area contributed by atoms with E-state index in [0.29, 0.717) is 0 Å². The van der Waals surface area contributed by atoms with Gasteiger partial charge in [-0.2, -0.15) is 0 Å². The van der Waals surface area contributed by atoms with Crippen molar-refractivity contribution in [3.8, 4) is 11.1 Å². The van der Waals surface area contributed by atoms with Crippen molar-refractivity contribution in [1.82, 2.24) is 0 Å². The zero-order valence-electron chi connectivity index (χ0n) is 9.17. The summed E-state index contributed by atoms with van der Waals surface area (Å²) >= 11 is 0.